The van der Waals surface area contributed by atoms with Crippen LogP contribution in [-0.2, 0) is 11.3 Å². The first-order chi connectivity index (χ1) is 13.4. The monoisotopic (exact) mass is 389 g/mol. The number of urea groups is 1. The Morgan fingerprint density at radius 2 is 1.89 bits per heavy atom. The van der Waals surface area contributed by atoms with Crippen molar-refractivity contribution in [2.24, 2.45) is 0 Å². The van der Waals surface area contributed by atoms with Gasteiger partial charge in [0.15, 0.2) is 11.6 Å². The van der Waals surface area contributed by atoms with Gasteiger partial charge in [0.25, 0.3) is 0 Å². The number of halogens is 2. The molecule has 8 heteroatoms. The minimum atomic E-state index is -1.09. The zero-order chi connectivity index (χ0) is 20.3. The summed E-state index contributed by atoms with van der Waals surface area (Å²) in [5.41, 5.74) is 1.30. The molecule has 28 heavy (non-hydrogen) atoms. The van der Waals surface area contributed by atoms with Crippen molar-refractivity contribution in [1.29, 1.82) is 0 Å². The van der Waals surface area contributed by atoms with E-state index in [0.29, 0.717) is 12.1 Å². The Hall–Kier alpha value is -3.16. The summed E-state index contributed by atoms with van der Waals surface area (Å²) in [5, 5.41) is 5.09. The number of nitrogens with one attached hydrogen (secondary N) is 2. The number of ether oxygens (including phenoxy) is 1. The van der Waals surface area contributed by atoms with Crippen LogP contribution in [0.15, 0.2) is 36.4 Å². The molecule has 2 N–H and O–H groups in total. The van der Waals surface area contributed by atoms with Crippen LogP contribution in [0.3, 0.4) is 0 Å². The van der Waals surface area contributed by atoms with Gasteiger partial charge < -0.3 is 20.3 Å². The highest BCUT2D eigenvalue weighted by molar-refractivity contribution is 5.96. The van der Waals surface area contributed by atoms with Crippen LogP contribution in [0.5, 0.6) is 5.75 Å². The van der Waals surface area contributed by atoms with Gasteiger partial charge in [0.2, 0.25) is 11.7 Å². The van der Waals surface area contributed by atoms with Gasteiger partial charge in [-0.15, -0.1) is 0 Å². The minimum Gasteiger partial charge on any atom is -0.494 e. The Kier molecular flexibility index (Phi) is 5.77. The van der Waals surface area contributed by atoms with E-state index in [0.717, 1.165) is 12.1 Å². The summed E-state index contributed by atoms with van der Waals surface area (Å²) in [5.74, 6) is -2.27. The van der Waals surface area contributed by atoms with E-state index in [1.54, 1.807) is 29.2 Å². The zero-order valence-corrected chi connectivity index (χ0v) is 15.6. The molecule has 148 valence electrons. The second-order valence-electron chi connectivity index (χ2n) is 6.56. The van der Waals surface area contributed by atoms with Crippen molar-refractivity contribution in [2.45, 2.75) is 32.4 Å². The highest BCUT2D eigenvalue weighted by Gasteiger charge is 2.28. The summed E-state index contributed by atoms with van der Waals surface area (Å²) in [4.78, 5) is 25.7. The van der Waals surface area contributed by atoms with Gasteiger partial charge in [-0.2, -0.15) is 4.39 Å². The Bertz CT molecular complexity index is 887. The van der Waals surface area contributed by atoms with E-state index in [2.05, 4.69) is 10.6 Å². The summed E-state index contributed by atoms with van der Waals surface area (Å²) in [6.07, 6.45) is 1.36. The fourth-order valence-corrected chi connectivity index (χ4v) is 3.15. The average molecular weight is 389 g/mol. The molecule has 1 atom stereocenters. The summed E-state index contributed by atoms with van der Waals surface area (Å²) >= 11 is 0. The number of amides is 3. The molecule has 1 aliphatic rings. The molecule has 0 spiro atoms. The van der Waals surface area contributed by atoms with Crippen LogP contribution in [0.25, 0.3) is 0 Å². The molecule has 0 unspecified atom stereocenters. The largest absolute Gasteiger partial charge is 0.494 e. The van der Waals surface area contributed by atoms with Gasteiger partial charge in [0, 0.05) is 35.9 Å². The molecule has 0 saturated carbocycles. The number of nitrogens with zero attached hydrogens (tertiary/aromatic N) is 1. The number of hydrogen-bond acceptors (Lipinski definition) is 3. The number of benzene rings is 2. The van der Waals surface area contributed by atoms with Crippen LogP contribution < -0.4 is 20.3 Å². The Balaban J connectivity index is 1.58. The number of hydrogen-bond donors (Lipinski definition) is 2. The molecule has 0 bridgehead atoms. The Morgan fingerprint density at radius 3 is 2.50 bits per heavy atom. The molecule has 2 aromatic rings. The number of anilines is 2. The second-order valence-corrected chi connectivity index (χ2v) is 6.56. The van der Waals surface area contributed by atoms with E-state index in [9.17, 15) is 18.4 Å². The maximum atomic E-state index is 13.9. The van der Waals surface area contributed by atoms with E-state index < -0.39 is 17.7 Å². The minimum absolute atomic E-state index is 0.00494. The third kappa shape index (κ3) is 4.05. The molecular weight excluding hydrogens is 368 g/mol. The smallest absolute Gasteiger partial charge is 0.319 e. The lowest BCUT2D eigenvalue weighted by Gasteiger charge is -2.22. The Labute approximate surface area is 161 Å². The van der Waals surface area contributed by atoms with Crippen molar-refractivity contribution in [2.75, 3.05) is 17.3 Å². The molecule has 1 fully saturated rings. The fraction of sp³-hybridized carbons (Fsp3) is 0.300. The van der Waals surface area contributed by atoms with Gasteiger partial charge in [-0.1, -0.05) is 6.07 Å². The second kappa shape index (κ2) is 8.24. The van der Waals surface area contributed by atoms with Crippen LogP contribution in [0.4, 0.5) is 25.0 Å². The lowest BCUT2D eigenvalue weighted by atomic mass is 10.2. The van der Waals surface area contributed by atoms with Crippen molar-refractivity contribution in [3.8, 4) is 5.75 Å². The molecule has 6 nitrogen and oxygen atoms in total. The zero-order valence-electron chi connectivity index (χ0n) is 15.6. The lowest BCUT2D eigenvalue weighted by molar-refractivity contribution is -0.117. The highest BCUT2D eigenvalue weighted by Crippen LogP contribution is 2.27. The Morgan fingerprint density at radius 1 is 1.18 bits per heavy atom. The van der Waals surface area contributed by atoms with Crippen LogP contribution in [0.1, 0.15) is 25.3 Å². The maximum Gasteiger partial charge on any atom is 0.319 e. The normalized spacial score (nSPS) is 16.2. The molecule has 0 radical (unpaired) electrons. The number of carbonyl (C=O) groups is 2. The van der Waals surface area contributed by atoms with E-state index in [1.165, 1.54) is 19.2 Å². The average Bonchev–Trinajstić information content (AvgIpc) is 3.02. The number of carbonyl (C=O) groups excluding carboxylic acids is 2. The van der Waals surface area contributed by atoms with Gasteiger partial charge in [0.1, 0.15) is 0 Å². The third-order valence-corrected chi connectivity index (χ3v) is 4.67. The molecule has 3 amide bonds. The van der Waals surface area contributed by atoms with Crippen molar-refractivity contribution in [3.05, 3.63) is 53.6 Å². The van der Waals surface area contributed by atoms with Crippen molar-refractivity contribution >= 4 is 23.3 Å². The summed E-state index contributed by atoms with van der Waals surface area (Å²) in [6, 6.07) is 9.11. The van der Waals surface area contributed by atoms with E-state index in [4.69, 9.17) is 4.74 Å². The van der Waals surface area contributed by atoms with Gasteiger partial charge in [-0.05, 0) is 43.7 Å². The SMILES string of the molecule is COc1ccc(CNC(=O)Nc2ccc(N3C(=O)CC[C@H]3C)cc2)c(F)c1F. The third-order valence-electron chi connectivity index (χ3n) is 4.67. The molecule has 1 heterocycles. The van der Waals surface area contributed by atoms with Crippen LogP contribution in [-0.4, -0.2) is 25.1 Å². The number of rotatable bonds is 5. The van der Waals surface area contributed by atoms with E-state index >= 15 is 0 Å². The van der Waals surface area contributed by atoms with Gasteiger partial charge in [-0.25, -0.2) is 9.18 Å². The summed E-state index contributed by atoms with van der Waals surface area (Å²) < 4.78 is 32.3. The molecule has 1 saturated heterocycles. The summed E-state index contributed by atoms with van der Waals surface area (Å²) in [6.45, 7) is 1.81. The molecular formula is C20H21F2N3O3. The van der Waals surface area contributed by atoms with Crippen molar-refractivity contribution in [1.82, 2.24) is 5.32 Å². The predicted octanol–water partition coefficient (Wildman–Crippen LogP) is 3.81. The van der Waals surface area contributed by atoms with Crippen LogP contribution in [0.2, 0.25) is 0 Å². The summed E-state index contributed by atoms with van der Waals surface area (Å²) in [7, 11) is 1.24. The van der Waals surface area contributed by atoms with Crippen molar-refractivity contribution < 1.29 is 23.1 Å². The van der Waals surface area contributed by atoms with Gasteiger partial charge >= 0.3 is 6.03 Å². The van der Waals surface area contributed by atoms with Gasteiger partial charge in [-0.3, -0.25) is 4.79 Å². The molecule has 1 aliphatic heterocycles. The topological polar surface area (TPSA) is 70.7 Å². The maximum absolute atomic E-state index is 13.9. The predicted molar refractivity (Wildman–Crippen MR) is 101 cm³/mol. The highest BCUT2D eigenvalue weighted by atomic mass is 19.2. The fourth-order valence-electron chi connectivity index (χ4n) is 3.15. The van der Waals surface area contributed by atoms with Crippen molar-refractivity contribution in [3.63, 3.8) is 0 Å². The molecule has 3 rings (SSSR count). The first kappa shape index (κ1) is 19.6. The number of methoxy groups -OCH3 is 1. The van der Waals surface area contributed by atoms with Gasteiger partial charge in [0.05, 0.1) is 7.11 Å². The standard InChI is InChI=1S/C20H21F2N3O3/c1-12-3-10-17(26)25(12)15-7-5-14(6-8-15)24-20(27)23-11-13-4-9-16(28-2)19(22)18(13)21/h4-9,12H,3,10-11H2,1-2H3,(H2,23,24,27)/t12-/m1/s1. The quantitative estimate of drug-likeness (QED) is 0.817. The first-order valence-electron chi connectivity index (χ1n) is 8.88. The molecule has 0 aromatic heterocycles. The molecule has 2 aromatic carbocycles. The molecule has 0 aliphatic carbocycles. The van der Waals surface area contributed by atoms with E-state index in [-0.39, 0.29) is 29.8 Å². The van der Waals surface area contributed by atoms with Crippen LogP contribution >= 0.6 is 0 Å². The van der Waals surface area contributed by atoms with E-state index in [1.807, 2.05) is 6.92 Å². The lowest BCUT2D eigenvalue weighted by Crippen LogP contribution is -2.30. The van der Waals surface area contributed by atoms with Crippen LogP contribution in [0, 0.1) is 11.6 Å². The first-order valence-corrected chi connectivity index (χ1v) is 8.88.